The normalized spacial score (nSPS) is 13.2. The smallest absolute Gasteiger partial charge is 0.160 e. The van der Waals surface area contributed by atoms with Gasteiger partial charge in [-0.3, -0.25) is 0 Å². The topological polar surface area (TPSA) is 32.8 Å². The average Bonchev–Trinajstić information content (AvgIpc) is 3.55. The molecule has 12 aromatic rings. The van der Waals surface area contributed by atoms with Crippen LogP contribution in [-0.2, 0) is 16.2 Å². The van der Waals surface area contributed by atoms with Crippen molar-refractivity contribution in [1.82, 2.24) is 0 Å². The Morgan fingerprint density at radius 1 is 0.403 bits per heavy atom. The lowest BCUT2D eigenvalue weighted by molar-refractivity contribution is 0.590. The molecule has 2 aromatic heterocycles. The van der Waals surface area contributed by atoms with Crippen LogP contribution in [0.3, 0.4) is 0 Å². The highest BCUT2D eigenvalue weighted by atomic mass is 16.3. The van der Waals surface area contributed by atoms with Gasteiger partial charge in [-0.05, 0) is 147 Å². The number of benzene rings is 10. The molecule has 378 valence electrons. The van der Waals surface area contributed by atoms with Gasteiger partial charge in [0.2, 0.25) is 0 Å². The molecule has 1 aliphatic rings. The molecule has 0 unspecified atom stereocenters. The highest BCUT2D eigenvalue weighted by Gasteiger charge is 2.50. The van der Waals surface area contributed by atoms with E-state index >= 15 is 0 Å². The van der Waals surface area contributed by atoms with Crippen molar-refractivity contribution in [2.24, 2.45) is 0 Å². The second kappa shape index (κ2) is 18.0. The second-order valence-corrected chi connectivity index (χ2v) is 23.6. The Morgan fingerprint density at radius 2 is 0.753 bits per heavy atom. The molecule has 10 aromatic carbocycles. The van der Waals surface area contributed by atoms with Crippen LogP contribution in [0.2, 0.25) is 0 Å². The number of hydrogen-bond acceptors (Lipinski definition) is 4. The summed E-state index contributed by atoms with van der Waals surface area (Å²) in [5.74, 6) is 0.386. The van der Waals surface area contributed by atoms with Crippen molar-refractivity contribution in [3.05, 3.63) is 263 Å². The molecule has 2 heterocycles. The molecular weight excluding hydrogens is 937 g/mol. The Morgan fingerprint density at radius 3 is 1.13 bits per heavy atom. The van der Waals surface area contributed by atoms with E-state index < -0.39 is 5.41 Å². The van der Waals surface area contributed by atoms with Gasteiger partial charge >= 0.3 is 0 Å². The monoisotopic (exact) mass is 1000 g/mol. The van der Waals surface area contributed by atoms with E-state index in [1.807, 2.05) is 0 Å². The van der Waals surface area contributed by atoms with Crippen LogP contribution in [0.25, 0.3) is 55.0 Å². The maximum atomic E-state index is 7.40. The Hall–Kier alpha value is -8.60. The van der Waals surface area contributed by atoms with E-state index in [4.69, 9.17) is 8.83 Å². The minimum Gasteiger partial charge on any atom is -0.454 e. The summed E-state index contributed by atoms with van der Waals surface area (Å²) >= 11 is 0. The number of hydrogen-bond donors (Lipinski definition) is 0. The molecule has 0 radical (unpaired) electrons. The zero-order valence-corrected chi connectivity index (χ0v) is 45.6. The van der Waals surface area contributed by atoms with E-state index in [0.29, 0.717) is 5.92 Å². The van der Waals surface area contributed by atoms with Gasteiger partial charge in [0.25, 0.3) is 0 Å². The molecule has 0 atom stereocenters. The zero-order valence-electron chi connectivity index (χ0n) is 45.6. The van der Waals surface area contributed by atoms with E-state index in [1.54, 1.807) is 0 Å². The molecule has 0 saturated carbocycles. The fraction of sp³-hybridized carbons (Fsp3) is 0.178. The number of furan rings is 2. The van der Waals surface area contributed by atoms with Crippen molar-refractivity contribution in [3.63, 3.8) is 0 Å². The summed E-state index contributed by atoms with van der Waals surface area (Å²) in [4.78, 5) is 4.85. The number of fused-ring (bicyclic) bond motifs is 11. The number of para-hydroxylation sites is 2. The largest absolute Gasteiger partial charge is 0.454 e. The highest BCUT2D eigenvalue weighted by Crippen LogP contribution is 2.64. The van der Waals surface area contributed by atoms with Crippen LogP contribution in [0, 0.1) is 6.92 Å². The fourth-order valence-corrected chi connectivity index (χ4v) is 12.3. The van der Waals surface area contributed by atoms with Gasteiger partial charge < -0.3 is 18.6 Å². The van der Waals surface area contributed by atoms with Crippen molar-refractivity contribution in [2.45, 2.75) is 84.5 Å². The summed E-state index contributed by atoms with van der Waals surface area (Å²) in [5, 5.41) is 4.27. The number of aryl methyl sites for hydroxylation is 1. The quantitative estimate of drug-likeness (QED) is 0.144. The van der Waals surface area contributed by atoms with Gasteiger partial charge in [0.15, 0.2) is 11.2 Å². The third-order valence-electron chi connectivity index (χ3n) is 16.3. The molecular formula is C73H64N2O2. The Kier molecular flexibility index (Phi) is 11.3. The van der Waals surface area contributed by atoms with Gasteiger partial charge in [0.1, 0.15) is 11.2 Å². The van der Waals surface area contributed by atoms with E-state index in [-0.39, 0.29) is 10.8 Å². The molecule has 0 N–H and O–H groups in total. The Bertz CT molecular complexity index is 4070. The molecule has 77 heavy (non-hydrogen) atoms. The van der Waals surface area contributed by atoms with Crippen LogP contribution in [-0.4, -0.2) is 0 Å². The lowest BCUT2D eigenvalue weighted by Crippen LogP contribution is -2.29. The van der Waals surface area contributed by atoms with Crippen molar-refractivity contribution in [3.8, 4) is 11.1 Å². The van der Waals surface area contributed by atoms with Gasteiger partial charge in [-0.25, -0.2) is 0 Å². The number of nitrogens with zero attached hydrogens (tertiary/aromatic N) is 2. The van der Waals surface area contributed by atoms with E-state index in [9.17, 15) is 0 Å². The van der Waals surface area contributed by atoms with Crippen LogP contribution in [0.5, 0.6) is 0 Å². The molecule has 0 fully saturated rings. The molecule has 0 amide bonds. The summed E-state index contributed by atoms with van der Waals surface area (Å²) in [5.41, 5.74) is 20.6. The summed E-state index contributed by atoms with van der Waals surface area (Å²) < 4.78 is 14.8. The minimum absolute atomic E-state index is 0.0257. The molecule has 4 heteroatoms. The van der Waals surface area contributed by atoms with Crippen LogP contribution in [0.15, 0.2) is 227 Å². The van der Waals surface area contributed by atoms with Crippen LogP contribution in [0.1, 0.15) is 106 Å². The summed E-state index contributed by atoms with van der Waals surface area (Å²) in [6.07, 6.45) is 0. The molecule has 0 bridgehead atoms. The van der Waals surface area contributed by atoms with Gasteiger partial charge in [-0.15, -0.1) is 0 Å². The molecule has 0 saturated heterocycles. The molecule has 1 aliphatic carbocycles. The predicted molar refractivity (Wildman–Crippen MR) is 324 cm³/mol. The first-order valence-electron chi connectivity index (χ1n) is 27.3. The average molecular weight is 1000 g/mol. The van der Waals surface area contributed by atoms with Crippen molar-refractivity contribution in [2.75, 3.05) is 9.80 Å². The zero-order chi connectivity index (χ0) is 53.0. The third-order valence-corrected chi connectivity index (χ3v) is 16.3. The molecule has 13 rings (SSSR count). The predicted octanol–water partition coefficient (Wildman–Crippen LogP) is 20.8. The van der Waals surface area contributed by atoms with E-state index in [2.05, 4.69) is 291 Å². The fourth-order valence-electron chi connectivity index (χ4n) is 12.3. The summed E-state index contributed by atoms with van der Waals surface area (Å²) in [6.45, 7) is 20.3. The first-order valence-corrected chi connectivity index (χ1v) is 27.3. The minimum atomic E-state index is -0.853. The van der Waals surface area contributed by atoms with Gasteiger partial charge in [-0.1, -0.05) is 207 Å². The lowest BCUT2D eigenvalue weighted by atomic mass is 9.67. The maximum absolute atomic E-state index is 7.40. The first-order chi connectivity index (χ1) is 37.2. The van der Waals surface area contributed by atoms with Gasteiger partial charge in [0.05, 0.1) is 16.8 Å². The van der Waals surface area contributed by atoms with E-state index in [0.717, 1.165) is 89.1 Å². The van der Waals surface area contributed by atoms with Crippen LogP contribution < -0.4 is 9.80 Å². The van der Waals surface area contributed by atoms with Gasteiger partial charge in [-0.2, -0.15) is 0 Å². The lowest BCUT2D eigenvalue weighted by Gasteiger charge is -2.36. The Labute approximate surface area is 452 Å². The molecule has 4 nitrogen and oxygen atoms in total. The van der Waals surface area contributed by atoms with Crippen molar-refractivity contribution in [1.29, 1.82) is 0 Å². The van der Waals surface area contributed by atoms with Crippen molar-refractivity contribution < 1.29 is 8.83 Å². The van der Waals surface area contributed by atoms with Crippen LogP contribution >= 0.6 is 0 Å². The first kappa shape index (κ1) is 48.1. The Balaban J connectivity index is 1.23. The summed E-state index contributed by atoms with van der Waals surface area (Å²) in [7, 11) is 0. The molecule has 0 spiro atoms. The van der Waals surface area contributed by atoms with Crippen LogP contribution in [0.4, 0.5) is 34.1 Å². The summed E-state index contributed by atoms with van der Waals surface area (Å²) in [6, 6.07) is 80.9. The SMILES string of the molecule is Cc1ccc(N(c2ccc(C(C)C)cc2)c2cc3c(c4c2oc2ccccc24)-c2c(cc(N(c4ccc(C(C)(C)C)cc4)c4ccc(C(C)(C)C)cc4)c4oc5ccccc5c24)C3(c2ccccc2)c2ccccc2)cc1. The maximum Gasteiger partial charge on any atom is 0.160 e. The third kappa shape index (κ3) is 7.71. The number of anilines is 6. The highest BCUT2D eigenvalue weighted by molar-refractivity contribution is 6.27. The van der Waals surface area contributed by atoms with E-state index in [1.165, 1.54) is 44.5 Å². The molecule has 0 aliphatic heterocycles. The number of rotatable bonds is 9. The second-order valence-electron chi connectivity index (χ2n) is 23.6. The van der Waals surface area contributed by atoms with Gasteiger partial charge in [0, 0.05) is 44.3 Å². The van der Waals surface area contributed by atoms with Crippen molar-refractivity contribution >= 4 is 78.0 Å². The standard InChI is InChI=1S/C73H64N2O2/c1-46(2)48-30-38-54(39-31-48)74(53-36-28-47(3)29-37-53)61-44-59-67(65-57-24-16-18-26-63(57)76-69(61)65)68-60(73(59,51-20-12-10-13-21-51)52-22-14-11-15-23-52)45-62(70-66(68)58-25-17-19-27-64(58)77-70)75(55-40-32-49(33-41-55)71(4,5)6)56-42-34-50(35-43-56)72(7,8)9/h10-46H,1-9H3.